The molecule has 0 saturated carbocycles. The molecule has 1 aromatic heterocycles. The van der Waals surface area contributed by atoms with E-state index >= 15 is 0 Å². The average Bonchev–Trinajstić information content (AvgIpc) is 3.00. The first-order valence-electron chi connectivity index (χ1n) is 8.72. The van der Waals surface area contributed by atoms with Gasteiger partial charge in [-0.3, -0.25) is 4.79 Å². The molecule has 0 fully saturated rings. The molecule has 0 aliphatic carbocycles. The number of benzene rings is 2. The number of carbonyl (C=O) groups is 2. The zero-order chi connectivity index (χ0) is 19.6. The quantitative estimate of drug-likeness (QED) is 0.722. The van der Waals surface area contributed by atoms with Gasteiger partial charge in [0, 0.05) is 23.7 Å². The number of hydrogen-bond acceptors (Lipinski definition) is 3. The first-order chi connectivity index (χ1) is 12.9. The van der Waals surface area contributed by atoms with Crippen molar-refractivity contribution in [3.8, 4) is 5.75 Å². The molecule has 3 rings (SSSR count). The van der Waals surface area contributed by atoms with Gasteiger partial charge in [0.1, 0.15) is 18.0 Å². The summed E-state index contributed by atoms with van der Waals surface area (Å²) in [4.78, 5) is 26.4. The number of carboxylic acids is 1. The number of aromatic nitrogens is 1. The normalized spacial score (nSPS) is 10.8. The fraction of sp³-hybridized carbons (Fsp3) is 0.238. The number of aryl methyl sites for hydroxylation is 1. The van der Waals surface area contributed by atoms with Crippen LogP contribution in [0.1, 0.15) is 23.0 Å². The van der Waals surface area contributed by atoms with E-state index in [1.807, 2.05) is 38.1 Å². The van der Waals surface area contributed by atoms with E-state index in [9.17, 15) is 14.7 Å². The molecular formula is C21H22N2O4. The Kier molecular flexibility index (Phi) is 5.16. The minimum absolute atomic E-state index is 0.0694. The monoisotopic (exact) mass is 366 g/mol. The zero-order valence-corrected chi connectivity index (χ0v) is 15.6. The number of carboxylic acid groups (broad SMARTS) is 1. The molecule has 27 heavy (non-hydrogen) atoms. The number of anilines is 1. The molecule has 0 aliphatic heterocycles. The highest BCUT2D eigenvalue weighted by atomic mass is 16.5. The number of amides is 1. The smallest absolute Gasteiger partial charge is 0.352 e. The van der Waals surface area contributed by atoms with Crippen LogP contribution in [-0.2, 0) is 11.3 Å². The number of hydrogen-bond donors (Lipinski definition) is 1. The summed E-state index contributed by atoms with van der Waals surface area (Å²) in [6.07, 6.45) is 0. The number of methoxy groups -OCH3 is 1. The van der Waals surface area contributed by atoms with Gasteiger partial charge >= 0.3 is 5.97 Å². The molecule has 0 aliphatic rings. The highest BCUT2D eigenvalue weighted by molar-refractivity contribution is 5.98. The third-order valence-corrected chi connectivity index (χ3v) is 4.55. The van der Waals surface area contributed by atoms with Crippen molar-refractivity contribution in [1.29, 1.82) is 0 Å². The predicted octanol–water partition coefficient (Wildman–Crippen LogP) is 3.71. The molecule has 1 N–H and O–H groups in total. The Morgan fingerprint density at radius 2 is 1.93 bits per heavy atom. The topological polar surface area (TPSA) is 71.8 Å². The van der Waals surface area contributed by atoms with Gasteiger partial charge in [0.2, 0.25) is 5.91 Å². The van der Waals surface area contributed by atoms with Gasteiger partial charge in [-0.25, -0.2) is 4.79 Å². The lowest BCUT2D eigenvalue weighted by atomic mass is 10.2. The Hall–Kier alpha value is -3.28. The molecule has 140 valence electrons. The zero-order valence-electron chi connectivity index (χ0n) is 15.6. The summed E-state index contributed by atoms with van der Waals surface area (Å²) in [6, 6.07) is 14.6. The summed E-state index contributed by atoms with van der Waals surface area (Å²) in [5.41, 5.74) is 2.59. The third-order valence-electron chi connectivity index (χ3n) is 4.55. The number of fused-ring (bicyclic) bond motifs is 1. The van der Waals surface area contributed by atoms with Crippen LogP contribution in [0.4, 0.5) is 5.69 Å². The van der Waals surface area contributed by atoms with Gasteiger partial charge in [0.05, 0.1) is 12.6 Å². The first kappa shape index (κ1) is 18.5. The number of nitrogens with zero attached hydrogens (tertiary/aromatic N) is 2. The average molecular weight is 366 g/mol. The molecule has 1 amide bonds. The Balaban J connectivity index is 2.02. The summed E-state index contributed by atoms with van der Waals surface area (Å²) in [5.74, 6) is -0.639. The Morgan fingerprint density at radius 1 is 1.15 bits per heavy atom. The van der Waals surface area contributed by atoms with Crippen molar-refractivity contribution in [2.75, 3.05) is 18.6 Å². The second kappa shape index (κ2) is 7.53. The molecule has 3 aromatic rings. The van der Waals surface area contributed by atoms with E-state index in [1.54, 1.807) is 36.3 Å². The van der Waals surface area contributed by atoms with E-state index in [-0.39, 0.29) is 18.1 Å². The van der Waals surface area contributed by atoms with E-state index in [0.29, 0.717) is 17.8 Å². The van der Waals surface area contributed by atoms with E-state index < -0.39 is 5.97 Å². The molecule has 0 saturated heterocycles. The summed E-state index contributed by atoms with van der Waals surface area (Å²) in [5, 5.41) is 10.3. The molecule has 1 heterocycles. The van der Waals surface area contributed by atoms with Gasteiger partial charge in [0.25, 0.3) is 0 Å². The van der Waals surface area contributed by atoms with Crippen LogP contribution in [0.15, 0.2) is 48.5 Å². The Morgan fingerprint density at radius 3 is 2.56 bits per heavy atom. The maximum atomic E-state index is 13.0. The van der Waals surface area contributed by atoms with Crippen molar-refractivity contribution in [2.45, 2.75) is 20.4 Å². The summed E-state index contributed by atoms with van der Waals surface area (Å²) in [6.45, 7) is 4.29. The minimum atomic E-state index is -1.07. The Bertz CT molecular complexity index is 1010. The van der Waals surface area contributed by atoms with Crippen LogP contribution in [0.3, 0.4) is 0 Å². The number of rotatable bonds is 6. The van der Waals surface area contributed by atoms with Gasteiger partial charge in [0.15, 0.2) is 0 Å². The lowest BCUT2D eigenvalue weighted by molar-refractivity contribution is -0.119. The highest BCUT2D eigenvalue weighted by Crippen LogP contribution is 2.25. The highest BCUT2D eigenvalue weighted by Gasteiger charge is 2.21. The van der Waals surface area contributed by atoms with Crippen molar-refractivity contribution in [3.05, 3.63) is 59.8 Å². The van der Waals surface area contributed by atoms with Gasteiger partial charge in [-0.1, -0.05) is 12.1 Å². The fourth-order valence-electron chi connectivity index (χ4n) is 3.23. The second-order valence-corrected chi connectivity index (χ2v) is 6.32. The van der Waals surface area contributed by atoms with Crippen molar-refractivity contribution in [1.82, 2.24) is 4.57 Å². The number of carbonyl (C=O) groups excluding carboxylic acids is 1. The summed E-state index contributed by atoms with van der Waals surface area (Å²) < 4.78 is 6.78. The largest absolute Gasteiger partial charge is 0.497 e. The van der Waals surface area contributed by atoms with Crippen molar-refractivity contribution < 1.29 is 19.4 Å². The lowest BCUT2D eigenvalue weighted by Gasteiger charge is -2.22. The SMILES string of the molecule is CCN(C(=O)Cn1c(C(=O)O)cc2ccc(OC)cc21)c1cccc(C)c1. The van der Waals surface area contributed by atoms with Crippen molar-refractivity contribution >= 4 is 28.5 Å². The van der Waals surface area contributed by atoms with Crippen LogP contribution in [0, 0.1) is 6.92 Å². The van der Waals surface area contributed by atoms with E-state index in [0.717, 1.165) is 16.6 Å². The van der Waals surface area contributed by atoms with Crippen LogP contribution < -0.4 is 9.64 Å². The molecular weight excluding hydrogens is 344 g/mol. The van der Waals surface area contributed by atoms with Gasteiger partial charge in [-0.15, -0.1) is 0 Å². The first-order valence-corrected chi connectivity index (χ1v) is 8.72. The molecule has 6 heteroatoms. The molecule has 6 nitrogen and oxygen atoms in total. The number of ether oxygens (including phenoxy) is 1. The van der Waals surface area contributed by atoms with Gasteiger partial charge < -0.3 is 19.3 Å². The third kappa shape index (κ3) is 3.65. The Labute approximate surface area is 157 Å². The minimum Gasteiger partial charge on any atom is -0.497 e. The van der Waals surface area contributed by atoms with Crippen LogP contribution in [0.5, 0.6) is 5.75 Å². The number of aromatic carboxylic acids is 1. The van der Waals surface area contributed by atoms with Gasteiger partial charge in [-0.05, 0) is 49.7 Å². The van der Waals surface area contributed by atoms with Crippen molar-refractivity contribution in [2.24, 2.45) is 0 Å². The standard InChI is InChI=1S/C21H22N2O4/c1-4-22(16-7-5-6-14(2)10-16)20(24)13-23-18-12-17(27-3)9-8-15(18)11-19(23)21(25)26/h5-12H,4,13H2,1-3H3,(H,25,26). The van der Waals surface area contributed by atoms with Crippen LogP contribution in [0.2, 0.25) is 0 Å². The fourth-order valence-corrected chi connectivity index (χ4v) is 3.23. The van der Waals surface area contributed by atoms with Crippen molar-refractivity contribution in [3.63, 3.8) is 0 Å². The molecule has 0 atom stereocenters. The summed E-state index contributed by atoms with van der Waals surface area (Å²) in [7, 11) is 1.55. The lowest BCUT2D eigenvalue weighted by Crippen LogP contribution is -2.34. The summed E-state index contributed by atoms with van der Waals surface area (Å²) >= 11 is 0. The van der Waals surface area contributed by atoms with E-state index in [1.165, 1.54) is 4.57 Å². The van der Waals surface area contributed by atoms with E-state index in [2.05, 4.69) is 0 Å². The van der Waals surface area contributed by atoms with Crippen LogP contribution in [0.25, 0.3) is 10.9 Å². The van der Waals surface area contributed by atoms with E-state index in [4.69, 9.17) is 4.74 Å². The van der Waals surface area contributed by atoms with Gasteiger partial charge in [-0.2, -0.15) is 0 Å². The maximum Gasteiger partial charge on any atom is 0.352 e. The second-order valence-electron chi connectivity index (χ2n) is 6.32. The molecule has 0 radical (unpaired) electrons. The molecule has 0 spiro atoms. The van der Waals surface area contributed by atoms with Crippen LogP contribution in [-0.4, -0.2) is 35.2 Å². The maximum absolute atomic E-state index is 13.0. The molecule has 0 unspecified atom stereocenters. The molecule has 0 bridgehead atoms. The molecule has 2 aromatic carbocycles. The predicted molar refractivity (Wildman–Crippen MR) is 105 cm³/mol. The van der Waals surface area contributed by atoms with Crippen LogP contribution >= 0.6 is 0 Å². The number of likely N-dealkylation sites (N-methyl/N-ethyl adjacent to an activating group) is 1.